The molecule has 0 saturated carbocycles. The van der Waals surface area contributed by atoms with E-state index in [4.69, 9.17) is 4.98 Å². The quantitative estimate of drug-likeness (QED) is 0.839. The first-order valence-electron chi connectivity index (χ1n) is 7.04. The molecule has 0 radical (unpaired) electrons. The van der Waals surface area contributed by atoms with Crippen LogP contribution in [0.5, 0.6) is 0 Å². The second kappa shape index (κ2) is 6.67. The molecule has 0 aliphatic heterocycles. The largest absolute Gasteiger partial charge is 0.312 e. The lowest BCUT2D eigenvalue weighted by Gasteiger charge is -2.17. The van der Waals surface area contributed by atoms with Crippen molar-refractivity contribution in [2.45, 2.75) is 66.3 Å². The van der Waals surface area contributed by atoms with E-state index in [1.807, 2.05) is 11.3 Å². The van der Waals surface area contributed by atoms with Crippen LogP contribution in [-0.4, -0.2) is 11.5 Å². The van der Waals surface area contributed by atoms with Gasteiger partial charge >= 0.3 is 0 Å². The van der Waals surface area contributed by atoms with E-state index in [1.54, 1.807) is 0 Å². The van der Waals surface area contributed by atoms with E-state index in [9.17, 15) is 0 Å². The number of thiazole rings is 1. The predicted molar refractivity (Wildman–Crippen MR) is 81.4 cm³/mol. The molecule has 0 aliphatic carbocycles. The van der Waals surface area contributed by atoms with Gasteiger partial charge in [-0.1, -0.05) is 41.5 Å². The minimum Gasteiger partial charge on any atom is -0.312 e. The van der Waals surface area contributed by atoms with E-state index in [-0.39, 0.29) is 5.41 Å². The highest BCUT2D eigenvalue weighted by Crippen LogP contribution is 2.30. The van der Waals surface area contributed by atoms with Crippen LogP contribution in [-0.2, 0) is 18.4 Å². The summed E-state index contributed by atoms with van der Waals surface area (Å²) in [5, 5.41) is 4.73. The molecule has 3 heteroatoms. The zero-order chi connectivity index (χ0) is 13.8. The lowest BCUT2D eigenvalue weighted by Crippen LogP contribution is -2.18. The van der Waals surface area contributed by atoms with Crippen LogP contribution in [0.4, 0.5) is 0 Å². The van der Waals surface area contributed by atoms with Crippen molar-refractivity contribution in [3.63, 3.8) is 0 Å². The maximum absolute atomic E-state index is 4.88. The number of aromatic nitrogens is 1. The molecule has 1 aromatic rings. The van der Waals surface area contributed by atoms with Crippen molar-refractivity contribution in [3.8, 4) is 0 Å². The molecule has 0 unspecified atom stereocenters. The van der Waals surface area contributed by atoms with Gasteiger partial charge in [-0.3, -0.25) is 0 Å². The van der Waals surface area contributed by atoms with Crippen molar-refractivity contribution in [1.82, 2.24) is 10.3 Å². The molecule has 0 amide bonds. The van der Waals surface area contributed by atoms with Crippen molar-refractivity contribution in [2.75, 3.05) is 6.54 Å². The van der Waals surface area contributed by atoms with Gasteiger partial charge in [0.15, 0.2) is 0 Å². The number of rotatable bonds is 6. The zero-order valence-corrected chi connectivity index (χ0v) is 13.6. The monoisotopic (exact) mass is 268 g/mol. The molecule has 0 spiro atoms. The third-order valence-corrected chi connectivity index (χ3v) is 4.04. The van der Waals surface area contributed by atoms with Crippen LogP contribution >= 0.6 is 11.3 Å². The molecule has 0 saturated heterocycles. The van der Waals surface area contributed by atoms with E-state index in [0.717, 1.165) is 25.4 Å². The van der Waals surface area contributed by atoms with E-state index in [2.05, 4.69) is 46.9 Å². The molecule has 1 heterocycles. The zero-order valence-electron chi connectivity index (χ0n) is 12.8. The molecular weight excluding hydrogens is 240 g/mol. The molecule has 18 heavy (non-hydrogen) atoms. The fraction of sp³-hybridized carbons (Fsp3) is 0.800. The average molecular weight is 268 g/mol. The lowest BCUT2D eigenvalue weighted by atomic mass is 9.91. The molecule has 1 rings (SSSR count). The summed E-state index contributed by atoms with van der Waals surface area (Å²) in [6.45, 7) is 15.4. The Morgan fingerprint density at radius 2 is 1.94 bits per heavy atom. The van der Waals surface area contributed by atoms with Gasteiger partial charge in [0.05, 0.1) is 10.7 Å². The molecule has 104 valence electrons. The van der Waals surface area contributed by atoms with Gasteiger partial charge in [-0.05, 0) is 25.3 Å². The smallest absolute Gasteiger partial charge is 0.0931 e. The van der Waals surface area contributed by atoms with E-state index in [1.165, 1.54) is 22.0 Å². The lowest BCUT2D eigenvalue weighted by molar-refractivity contribution is 0.553. The predicted octanol–water partition coefficient (Wildman–Crippen LogP) is 4.14. The molecule has 0 aromatic carbocycles. The van der Waals surface area contributed by atoms with Crippen LogP contribution in [0, 0.1) is 5.92 Å². The molecule has 1 aromatic heterocycles. The van der Waals surface area contributed by atoms with E-state index < -0.39 is 0 Å². The average Bonchev–Trinajstić information content (AvgIpc) is 2.66. The first kappa shape index (κ1) is 15.6. The molecule has 0 atom stereocenters. The highest BCUT2D eigenvalue weighted by atomic mass is 32.1. The van der Waals surface area contributed by atoms with Gasteiger partial charge in [-0.25, -0.2) is 4.98 Å². The summed E-state index contributed by atoms with van der Waals surface area (Å²) in [6.07, 6.45) is 2.36. The van der Waals surface area contributed by atoms with E-state index in [0.29, 0.717) is 0 Å². The fourth-order valence-corrected chi connectivity index (χ4v) is 3.13. The summed E-state index contributed by atoms with van der Waals surface area (Å²) in [7, 11) is 0. The van der Waals surface area contributed by atoms with Gasteiger partial charge in [0, 0.05) is 16.8 Å². The van der Waals surface area contributed by atoms with Crippen molar-refractivity contribution in [2.24, 2.45) is 5.92 Å². The van der Waals surface area contributed by atoms with Crippen LogP contribution < -0.4 is 5.32 Å². The number of aryl methyl sites for hydroxylation is 1. The van der Waals surface area contributed by atoms with E-state index >= 15 is 0 Å². The van der Waals surface area contributed by atoms with Crippen LogP contribution in [0.15, 0.2) is 0 Å². The van der Waals surface area contributed by atoms with Crippen LogP contribution in [0.25, 0.3) is 0 Å². The third-order valence-electron chi connectivity index (χ3n) is 2.92. The van der Waals surface area contributed by atoms with Gasteiger partial charge in [-0.2, -0.15) is 0 Å². The summed E-state index contributed by atoms with van der Waals surface area (Å²) in [5.74, 6) is 0.754. The van der Waals surface area contributed by atoms with Crippen molar-refractivity contribution < 1.29 is 0 Å². The van der Waals surface area contributed by atoms with Crippen molar-refractivity contribution in [3.05, 3.63) is 15.6 Å². The maximum Gasteiger partial charge on any atom is 0.0931 e. The van der Waals surface area contributed by atoms with Crippen LogP contribution in [0.1, 0.15) is 63.5 Å². The highest BCUT2D eigenvalue weighted by Gasteiger charge is 2.22. The summed E-state index contributed by atoms with van der Waals surface area (Å²) < 4.78 is 0. The molecule has 0 bridgehead atoms. The summed E-state index contributed by atoms with van der Waals surface area (Å²) in [6, 6.07) is 0. The Morgan fingerprint density at radius 1 is 1.28 bits per heavy atom. The second-order valence-corrected chi connectivity index (χ2v) is 7.51. The fourth-order valence-electron chi connectivity index (χ4n) is 1.86. The molecule has 1 N–H and O–H groups in total. The number of nitrogens with one attached hydrogen (secondary N) is 1. The Bertz CT molecular complexity index is 361. The van der Waals surface area contributed by atoms with Crippen LogP contribution in [0.2, 0.25) is 0 Å². The third kappa shape index (κ3) is 4.69. The Labute approximate surface area is 116 Å². The Morgan fingerprint density at radius 3 is 2.44 bits per heavy atom. The summed E-state index contributed by atoms with van der Waals surface area (Å²) in [4.78, 5) is 6.30. The van der Waals surface area contributed by atoms with Gasteiger partial charge < -0.3 is 5.32 Å². The van der Waals surface area contributed by atoms with Gasteiger partial charge in [-0.15, -0.1) is 11.3 Å². The highest BCUT2D eigenvalue weighted by molar-refractivity contribution is 7.11. The number of nitrogens with zero attached hydrogens (tertiary/aromatic N) is 1. The molecular formula is C15H28N2S. The topological polar surface area (TPSA) is 24.9 Å². The van der Waals surface area contributed by atoms with Crippen LogP contribution in [0.3, 0.4) is 0 Å². The minimum atomic E-state index is 0.150. The standard InChI is InChI=1S/C15H28N2S/c1-7-16-10-12-14(15(4,5)6)17-13(18-12)9-8-11(2)3/h11,16H,7-10H2,1-6H3. The van der Waals surface area contributed by atoms with Crippen molar-refractivity contribution in [1.29, 1.82) is 0 Å². The Balaban J connectivity index is 2.85. The molecule has 0 aliphatic rings. The number of hydrogen-bond donors (Lipinski definition) is 1. The second-order valence-electron chi connectivity index (χ2n) is 6.34. The molecule has 0 fully saturated rings. The molecule has 2 nitrogen and oxygen atoms in total. The normalized spacial score (nSPS) is 12.4. The first-order chi connectivity index (χ1) is 8.34. The minimum absolute atomic E-state index is 0.150. The first-order valence-corrected chi connectivity index (χ1v) is 7.86. The van der Waals surface area contributed by atoms with Crippen molar-refractivity contribution >= 4 is 11.3 Å². The number of hydrogen-bond acceptors (Lipinski definition) is 3. The summed E-state index contributed by atoms with van der Waals surface area (Å²) in [5.41, 5.74) is 1.43. The van der Waals surface area contributed by atoms with Gasteiger partial charge in [0.25, 0.3) is 0 Å². The Hall–Kier alpha value is -0.410. The summed E-state index contributed by atoms with van der Waals surface area (Å²) >= 11 is 1.89. The SMILES string of the molecule is CCNCc1sc(CCC(C)C)nc1C(C)(C)C. The van der Waals surface area contributed by atoms with Gasteiger partial charge in [0.2, 0.25) is 0 Å². The maximum atomic E-state index is 4.88. The van der Waals surface area contributed by atoms with Gasteiger partial charge in [0.1, 0.15) is 0 Å². The Kier molecular flexibility index (Phi) is 5.80.